The second-order valence-corrected chi connectivity index (χ2v) is 6.49. The van der Waals surface area contributed by atoms with E-state index in [-0.39, 0.29) is 5.78 Å². The first-order valence-corrected chi connectivity index (χ1v) is 8.41. The molecule has 0 saturated heterocycles. The van der Waals surface area contributed by atoms with E-state index in [0.29, 0.717) is 5.56 Å². The van der Waals surface area contributed by atoms with Gasteiger partial charge >= 0.3 is 0 Å². The van der Waals surface area contributed by atoms with Crippen LogP contribution in [0.25, 0.3) is 21.9 Å². The number of ketones is 1. The highest BCUT2D eigenvalue weighted by Gasteiger charge is 2.17. The molecule has 0 atom stereocenters. The lowest BCUT2D eigenvalue weighted by Gasteiger charge is -2.08. The molecule has 0 aliphatic rings. The van der Waals surface area contributed by atoms with E-state index in [1.165, 1.54) is 10.8 Å². The molecule has 0 aliphatic heterocycles. The zero-order valence-corrected chi connectivity index (χ0v) is 14.3. The molecule has 1 N–H and O–H groups in total. The molecular weight excluding hydrogens is 306 g/mol. The van der Waals surface area contributed by atoms with Gasteiger partial charge in [-0.05, 0) is 41.8 Å². The van der Waals surface area contributed by atoms with Crippen LogP contribution in [0.15, 0.2) is 73.1 Å². The number of nitrogens with one attached hydrogen (secondary N) is 1. The smallest absolute Gasteiger partial charge is 0.195 e. The van der Waals surface area contributed by atoms with Crippen LogP contribution in [-0.2, 0) is 0 Å². The van der Waals surface area contributed by atoms with Gasteiger partial charge in [0.15, 0.2) is 5.78 Å². The van der Waals surface area contributed by atoms with Crippen molar-refractivity contribution in [2.45, 2.75) is 13.8 Å². The van der Waals surface area contributed by atoms with Gasteiger partial charge < -0.3 is 4.98 Å². The van der Waals surface area contributed by atoms with Gasteiger partial charge in [-0.2, -0.15) is 0 Å². The molecule has 4 aromatic rings. The Morgan fingerprint density at radius 2 is 1.60 bits per heavy atom. The molecule has 1 heterocycles. The van der Waals surface area contributed by atoms with Crippen molar-refractivity contribution >= 4 is 16.6 Å². The van der Waals surface area contributed by atoms with Crippen molar-refractivity contribution < 1.29 is 4.79 Å². The molecule has 0 bridgehead atoms. The van der Waals surface area contributed by atoms with Crippen LogP contribution < -0.4 is 0 Å². The van der Waals surface area contributed by atoms with Crippen LogP contribution in [0, 0.1) is 13.8 Å². The number of fused-ring (bicyclic) bond motifs is 1. The third kappa shape index (κ3) is 2.76. The van der Waals surface area contributed by atoms with Crippen LogP contribution in [-0.4, -0.2) is 10.8 Å². The largest absolute Gasteiger partial charge is 0.366 e. The molecule has 4 rings (SSSR count). The van der Waals surface area contributed by atoms with Crippen LogP contribution in [0.2, 0.25) is 0 Å². The Balaban J connectivity index is 1.80. The lowest BCUT2D eigenvalue weighted by Crippen LogP contribution is -2.04. The van der Waals surface area contributed by atoms with Crippen LogP contribution >= 0.6 is 0 Å². The maximum atomic E-state index is 13.1. The van der Waals surface area contributed by atoms with Gasteiger partial charge in [-0.15, -0.1) is 0 Å². The third-order valence-electron chi connectivity index (χ3n) is 4.68. The summed E-state index contributed by atoms with van der Waals surface area (Å²) in [6.07, 6.45) is 3.70. The Morgan fingerprint density at radius 3 is 2.40 bits per heavy atom. The summed E-state index contributed by atoms with van der Waals surface area (Å²) in [6, 6.07) is 20.5. The molecule has 0 spiro atoms. The molecule has 0 amide bonds. The van der Waals surface area contributed by atoms with Crippen molar-refractivity contribution in [3.05, 3.63) is 95.3 Å². The van der Waals surface area contributed by atoms with Crippen LogP contribution in [0.3, 0.4) is 0 Å². The highest BCUT2D eigenvalue weighted by Crippen LogP contribution is 2.29. The predicted molar refractivity (Wildman–Crippen MR) is 103 cm³/mol. The first kappa shape index (κ1) is 15.4. The minimum Gasteiger partial charge on any atom is -0.366 e. The molecule has 0 saturated carbocycles. The molecule has 122 valence electrons. The number of aromatic nitrogens is 1. The summed E-state index contributed by atoms with van der Waals surface area (Å²) in [6.45, 7) is 4.03. The topological polar surface area (TPSA) is 32.9 Å². The quantitative estimate of drug-likeness (QED) is 0.483. The van der Waals surface area contributed by atoms with E-state index < -0.39 is 0 Å². The van der Waals surface area contributed by atoms with Gasteiger partial charge in [-0.1, -0.05) is 60.2 Å². The summed E-state index contributed by atoms with van der Waals surface area (Å²) in [5, 5.41) is 2.37. The molecular formula is C23H19NO. The first-order chi connectivity index (χ1) is 12.1. The predicted octanol–water partition coefficient (Wildman–Crippen LogP) is 5.68. The average Bonchev–Trinajstić information content (AvgIpc) is 3.10. The Hall–Kier alpha value is -3.13. The van der Waals surface area contributed by atoms with E-state index in [1.54, 1.807) is 6.20 Å². The second kappa shape index (κ2) is 6.06. The number of aromatic amines is 1. The van der Waals surface area contributed by atoms with Gasteiger partial charge in [-0.25, -0.2) is 0 Å². The summed E-state index contributed by atoms with van der Waals surface area (Å²) in [5.74, 6) is 0.0573. The minimum absolute atomic E-state index is 0.0573. The number of H-pyrrole nitrogens is 1. The van der Waals surface area contributed by atoms with E-state index in [1.807, 2.05) is 44.3 Å². The lowest BCUT2D eigenvalue weighted by atomic mass is 9.94. The highest BCUT2D eigenvalue weighted by molar-refractivity contribution is 6.13. The van der Waals surface area contributed by atoms with E-state index in [2.05, 4.69) is 41.4 Å². The normalized spacial score (nSPS) is 11.0. The number of hydrogen-bond donors (Lipinski definition) is 1. The maximum absolute atomic E-state index is 13.1. The van der Waals surface area contributed by atoms with Gasteiger partial charge in [0, 0.05) is 29.1 Å². The molecule has 2 heteroatoms. The van der Waals surface area contributed by atoms with E-state index in [9.17, 15) is 4.79 Å². The summed E-state index contributed by atoms with van der Waals surface area (Å²) in [5.41, 5.74) is 5.63. The van der Waals surface area contributed by atoms with Gasteiger partial charge in [0.2, 0.25) is 0 Å². The Kier molecular flexibility index (Phi) is 3.73. The minimum atomic E-state index is 0.0573. The van der Waals surface area contributed by atoms with Crippen molar-refractivity contribution in [3.8, 4) is 11.1 Å². The first-order valence-electron chi connectivity index (χ1n) is 8.41. The average molecular weight is 325 g/mol. The molecule has 1 aromatic heterocycles. The van der Waals surface area contributed by atoms with Gasteiger partial charge in [0.25, 0.3) is 0 Å². The zero-order valence-electron chi connectivity index (χ0n) is 14.3. The van der Waals surface area contributed by atoms with Crippen molar-refractivity contribution in [3.63, 3.8) is 0 Å². The van der Waals surface area contributed by atoms with Crippen LogP contribution in [0.1, 0.15) is 27.0 Å². The zero-order chi connectivity index (χ0) is 17.4. The molecule has 2 nitrogen and oxygen atoms in total. The standard InChI is InChI=1S/C23H19NO/c1-15-7-10-20(16(2)11-15)23(25)22-14-24-13-21(22)19-9-8-17-5-3-4-6-18(17)12-19/h3-14,24H,1-2H3. The van der Waals surface area contributed by atoms with Crippen molar-refractivity contribution in [1.29, 1.82) is 0 Å². The van der Waals surface area contributed by atoms with E-state index in [0.717, 1.165) is 27.8 Å². The molecule has 0 radical (unpaired) electrons. The van der Waals surface area contributed by atoms with Gasteiger partial charge in [-0.3, -0.25) is 4.79 Å². The van der Waals surface area contributed by atoms with Gasteiger partial charge in [0.05, 0.1) is 0 Å². The fourth-order valence-corrected chi connectivity index (χ4v) is 3.36. The number of rotatable bonds is 3. The molecule has 25 heavy (non-hydrogen) atoms. The number of hydrogen-bond acceptors (Lipinski definition) is 1. The lowest BCUT2D eigenvalue weighted by molar-refractivity contribution is 0.103. The van der Waals surface area contributed by atoms with Gasteiger partial charge in [0.1, 0.15) is 0 Å². The summed E-state index contributed by atoms with van der Waals surface area (Å²) in [4.78, 5) is 16.2. The van der Waals surface area contributed by atoms with Crippen LogP contribution in [0.4, 0.5) is 0 Å². The van der Waals surface area contributed by atoms with E-state index >= 15 is 0 Å². The molecule has 0 unspecified atom stereocenters. The summed E-state index contributed by atoms with van der Waals surface area (Å²) in [7, 11) is 0. The SMILES string of the molecule is Cc1ccc(C(=O)c2c[nH]cc2-c2ccc3ccccc3c2)c(C)c1. The Bertz CT molecular complexity index is 1090. The third-order valence-corrected chi connectivity index (χ3v) is 4.68. The summed E-state index contributed by atoms with van der Waals surface area (Å²) < 4.78 is 0. The number of carbonyl (C=O) groups is 1. The molecule has 0 aliphatic carbocycles. The fourth-order valence-electron chi connectivity index (χ4n) is 3.36. The Morgan fingerprint density at radius 1 is 0.800 bits per heavy atom. The van der Waals surface area contributed by atoms with Crippen molar-refractivity contribution in [2.24, 2.45) is 0 Å². The number of benzene rings is 3. The monoisotopic (exact) mass is 325 g/mol. The maximum Gasteiger partial charge on any atom is 0.195 e. The fraction of sp³-hybridized carbons (Fsp3) is 0.0870. The van der Waals surface area contributed by atoms with E-state index in [4.69, 9.17) is 0 Å². The second-order valence-electron chi connectivity index (χ2n) is 6.49. The highest BCUT2D eigenvalue weighted by atomic mass is 16.1. The molecule has 3 aromatic carbocycles. The van der Waals surface area contributed by atoms with Crippen molar-refractivity contribution in [2.75, 3.05) is 0 Å². The Labute approximate surface area is 147 Å². The van der Waals surface area contributed by atoms with Crippen LogP contribution in [0.5, 0.6) is 0 Å². The number of aryl methyl sites for hydroxylation is 2. The van der Waals surface area contributed by atoms with Crippen molar-refractivity contribution in [1.82, 2.24) is 4.98 Å². The molecule has 0 fully saturated rings. The summed E-state index contributed by atoms with van der Waals surface area (Å²) >= 11 is 0. The number of carbonyl (C=O) groups excluding carboxylic acids is 1.